The molecule has 31 heavy (non-hydrogen) atoms. The van der Waals surface area contributed by atoms with Crippen LogP contribution in [0.1, 0.15) is 38.3 Å². The summed E-state index contributed by atoms with van der Waals surface area (Å²) in [5.74, 6) is -0.0698. The minimum absolute atomic E-state index is 0.0323. The molecule has 2 aliphatic rings. The summed E-state index contributed by atoms with van der Waals surface area (Å²) in [7, 11) is 0. The van der Waals surface area contributed by atoms with Crippen molar-refractivity contribution in [2.75, 3.05) is 4.90 Å². The van der Waals surface area contributed by atoms with Crippen molar-refractivity contribution in [2.24, 2.45) is 11.1 Å². The summed E-state index contributed by atoms with van der Waals surface area (Å²) in [6, 6.07) is 17.3. The average Bonchev–Trinajstić information content (AvgIpc) is 2.73. The number of hydrogen-bond donors (Lipinski definition) is 1. The highest BCUT2D eigenvalue weighted by Gasteiger charge is 2.44. The molecule has 2 aromatic rings. The summed E-state index contributed by atoms with van der Waals surface area (Å²) in [6.45, 7) is 4.08. The number of nitro benzene ring substituents is 1. The van der Waals surface area contributed by atoms with Crippen molar-refractivity contribution < 1.29 is 9.72 Å². The van der Waals surface area contributed by atoms with Crippen LogP contribution in [0, 0.1) is 26.9 Å². The van der Waals surface area contributed by atoms with Crippen LogP contribution in [0.4, 0.5) is 11.4 Å². The van der Waals surface area contributed by atoms with Gasteiger partial charge in [-0.2, -0.15) is 5.26 Å². The number of carbonyl (C=O) groups excluding carboxylic acids is 1. The number of benzene rings is 2. The largest absolute Gasteiger partial charge is 0.397 e. The number of carbonyl (C=O) groups is 1. The monoisotopic (exact) mass is 414 g/mol. The first-order chi connectivity index (χ1) is 14.7. The van der Waals surface area contributed by atoms with E-state index >= 15 is 0 Å². The van der Waals surface area contributed by atoms with Crippen molar-refractivity contribution in [3.8, 4) is 6.07 Å². The number of ketones is 1. The smallest absolute Gasteiger partial charge is 0.269 e. The number of hydrogen-bond acceptors (Lipinski definition) is 6. The Hall–Kier alpha value is -3.92. The highest BCUT2D eigenvalue weighted by Crippen LogP contribution is 2.49. The van der Waals surface area contributed by atoms with Gasteiger partial charge in [0.25, 0.3) is 5.69 Å². The van der Waals surface area contributed by atoms with E-state index in [-0.39, 0.29) is 28.2 Å². The number of nitriles is 1. The first-order valence-electron chi connectivity index (χ1n) is 9.98. The quantitative estimate of drug-likeness (QED) is 0.583. The van der Waals surface area contributed by atoms with Crippen molar-refractivity contribution >= 4 is 17.2 Å². The Morgan fingerprint density at radius 1 is 1.13 bits per heavy atom. The highest BCUT2D eigenvalue weighted by atomic mass is 16.6. The normalized spacial score (nSPS) is 20.4. The molecular formula is C24H22N4O3. The maximum Gasteiger partial charge on any atom is 0.269 e. The molecule has 7 nitrogen and oxygen atoms in total. The number of nitrogens with zero attached hydrogens (tertiary/aromatic N) is 3. The molecule has 4 rings (SSSR count). The molecule has 0 aromatic heterocycles. The zero-order valence-corrected chi connectivity index (χ0v) is 17.3. The predicted octanol–water partition coefficient (Wildman–Crippen LogP) is 4.54. The van der Waals surface area contributed by atoms with Crippen LogP contribution < -0.4 is 10.6 Å². The predicted molar refractivity (Wildman–Crippen MR) is 117 cm³/mol. The van der Waals surface area contributed by atoms with Gasteiger partial charge in [0, 0.05) is 29.9 Å². The maximum atomic E-state index is 13.1. The third kappa shape index (κ3) is 3.46. The third-order valence-corrected chi connectivity index (χ3v) is 5.81. The molecule has 1 heterocycles. The van der Waals surface area contributed by atoms with Crippen LogP contribution in [0.25, 0.3) is 0 Å². The van der Waals surface area contributed by atoms with E-state index in [0.29, 0.717) is 24.0 Å². The van der Waals surface area contributed by atoms with Gasteiger partial charge in [-0.3, -0.25) is 14.9 Å². The maximum absolute atomic E-state index is 13.1. The van der Waals surface area contributed by atoms with Crippen LogP contribution in [0.3, 0.4) is 0 Å². The summed E-state index contributed by atoms with van der Waals surface area (Å²) < 4.78 is 0. The van der Waals surface area contributed by atoms with Crippen LogP contribution in [0.5, 0.6) is 0 Å². The first kappa shape index (κ1) is 20.4. The van der Waals surface area contributed by atoms with Gasteiger partial charge in [0.05, 0.1) is 33.9 Å². The van der Waals surface area contributed by atoms with E-state index in [1.165, 1.54) is 12.1 Å². The van der Waals surface area contributed by atoms with Gasteiger partial charge in [-0.25, -0.2) is 0 Å². The number of nitro groups is 1. The van der Waals surface area contributed by atoms with E-state index in [1.54, 1.807) is 12.1 Å². The fourth-order valence-corrected chi connectivity index (χ4v) is 4.48. The van der Waals surface area contributed by atoms with Crippen LogP contribution in [0.15, 0.2) is 77.1 Å². The van der Waals surface area contributed by atoms with E-state index in [9.17, 15) is 20.2 Å². The molecule has 0 saturated heterocycles. The molecule has 0 saturated carbocycles. The summed E-state index contributed by atoms with van der Waals surface area (Å²) in [5, 5.41) is 21.1. The van der Waals surface area contributed by atoms with Crippen LogP contribution in [0.2, 0.25) is 0 Å². The standard InChI is InChI=1S/C24H22N4O3/c1-24(2)12-19-21(20(29)13-24)22(26)18(14-25)23(27(19)16-6-4-3-5-7-16)15-8-10-17(11-9-15)28(30)31/h3-11,23H,12-13,26H2,1-2H3. The molecule has 1 unspecified atom stereocenters. The van der Waals surface area contributed by atoms with Crippen molar-refractivity contribution in [1.82, 2.24) is 0 Å². The Bertz CT molecular complexity index is 1170. The summed E-state index contributed by atoms with van der Waals surface area (Å²) in [6.07, 6.45) is 0.974. The Balaban J connectivity index is 1.98. The van der Waals surface area contributed by atoms with Crippen LogP contribution >= 0.6 is 0 Å². The summed E-state index contributed by atoms with van der Waals surface area (Å²) in [5.41, 5.74) is 9.31. The lowest BCUT2D eigenvalue weighted by molar-refractivity contribution is -0.384. The minimum atomic E-state index is -0.589. The molecule has 0 spiro atoms. The van der Waals surface area contributed by atoms with Crippen LogP contribution in [-0.4, -0.2) is 10.7 Å². The molecule has 0 fully saturated rings. The van der Waals surface area contributed by atoms with E-state index < -0.39 is 11.0 Å². The minimum Gasteiger partial charge on any atom is -0.397 e. The van der Waals surface area contributed by atoms with Crippen molar-refractivity contribution in [2.45, 2.75) is 32.7 Å². The third-order valence-electron chi connectivity index (χ3n) is 5.81. The number of rotatable bonds is 3. The molecule has 7 heteroatoms. The van der Waals surface area contributed by atoms with E-state index in [4.69, 9.17) is 5.73 Å². The Morgan fingerprint density at radius 2 is 1.77 bits per heavy atom. The number of non-ortho nitro benzene ring substituents is 1. The van der Waals surface area contributed by atoms with E-state index in [0.717, 1.165) is 11.4 Å². The van der Waals surface area contributed by atoms with Crippen molar-refractivity contribution in [3.63, 3.8) is 0 Å². The van der Waals surface area contributed by atoms with Gasteiger partial charge >= 0.3 is 0 Å². The second kappa shape index (κ2) is 7.40. The fourth-order valence-electron chi connectivity index (χ4n) is 4.48. The van der Waals surface area contributed by atoms with Gasteiger partial charge in [0.15, 0.2) is 5.78 Å². The summed E-state index contributed by atoms with van der Waals surface area (Å²) in [4.78, 5) is 25.7. The highest BCUT2D eigenvalue weighted by molar-refractivity contribution is 6.03. The SMILES string of the molecule is CC1(C)CC(=O)C2=C(C1)N(c1ccccc1)C(c1ccc([N+](=O)[O-])cc1)C(C#N)=C2N. The lowest BCUT2D eigenvalue weighted by atomic mass is 9.72. The molecule has 156 valence electrons. The molecule has 0 bridgehead atoms. The van der Waals surface area contributed by atoms with Gasteiger partial charge in [0.2, 0.25) is 0 Å². The molecule has 1 atom stereocenters. The second-order valence-corrected chi connectivity index (χ2v) is 8.66. The molecule has 0 amide bonds. The van der Waals surface area contributed by atoms with Gasteiger partial charge in [0.1, 0.15) is 0 Å². The van der Waals surface area contributed by atoms with Gasteiger partial charge in [-0.1, -0.05) is 32.0 Å². The number of nitrogens with two attached hydrogens (primary N) is 1. The number of allylic oxidation sites excluding steroid dienone is 2. The Labute approximate surface area is 180 Å². The molecule has 2 N–H and O–H groups in total. The Kier molecular flexibility index (Phi) is 4.86. The Morgan fingerprint density at radius 3 is 2.35 bits per heavy atom. The average molecular weight is 414 g/mol. The molecule has 1 aliphatic carbocycles. The lowest BCUT2D eigenvalue weighted by Gasteiger charge is -2.45. The number of Topliss-reactive ketones (excluding diaryl/α,β-unsaturated/α-hetero) is 1. The van der Waals surface area contributed by atoms with Crippen LogP contribution in [-0.2, 0) is 4.79 Å². The first-order valence-corrected chi connectivity index (χ1v) is 9.98. The van der Waals surface area contributed by atoms with Crippen molar-refractivity contribution in [3.05, 3.63) is 92.8 Å². The number of para-hydroxylation sites is 1. The fraction of sp³-hybridized carbons (Fsp3) is 0.250. The zero-order chi connectivity index (χ0) is 22.3. The summed E-state index contributed by atoms with van der Waals surface area (Å²) >= 11 is 0. The van der Waals surface area contributed by atoms with Gasteiger partial charge < -0.3 is 10.6 Å². The zero-order valence-electron chi connectivity index (χ0n) is 17.3. The molecule has 1 aliphatic heterocycles. The van der Waals surface area contributed by atoms with E-state index in [2.05, 4.69) is 6.07 Å². The van der Waals surface area contributed by atoms with Gasteiger partial charge in [-0.05, 0) is 41.7 Å². The molecule has 0 radical (unpaired) electrons. The topological polar surface area (TPSA) is 113 Å². The molecular weight excluding hydrogens is 392 g/mol. The number of anilines is 1. The molecule has 2 aromatic carbocycles. The second-order valence-electron chi connectivity index (χ2n) is 8.66. The van der Waals surface area contributed by atoms with E-state index in [1.807, 2.05) is 49.1 Å². The van der Waals surface area contributed by atoms with Gasteiger partial charge in [-0.15, -0.1) is 0 Å². The lowest BCUT2D eigenvalue weighted by Crippen LogP contribution is -2.42. The van der Waals surface area contributed by atoms with Crippen molar-refractivity contribution in [1.29, 1.82) is 5.26 Å².